The zero-order valence-electron chi connectivity index (χ0n) is 9.97. The van der Waals surface area contributed by atoms with Crippen LogP contribution in [-0.2, 0) is 4.79 Å². The molecule has 92 valence electrons. The van der Waals surface area contributed by atoms with Crippen LogP contribution in [0, 0.1) is 0 Å². The predicted molar refractivity (Wildman–Crippen MR) is 65.8 cm³/mol. The second-order valence-corrected chi connectivity index (χ2v) is 4.45. The minimum atomic E-state index is -1.83. The summed E-state index contributed by atoms with van der Waals surface area (Å²) in [5.41, 5.74) is 1.15. The van der Waals surface area contributed by atoms with Gasteiger partial charge in [0.2, 0.25) is 5.79 Å². The van der Waals surface area contributed by atoms with Gasteiger partial charge < -0.3 is 4.90 Å². The van der Waals surface area contributed by atoms with Crippen molar-refractivity contribution in [3.8, 4) is 0 Å². The highest BCUT2D eigenvalue weighted by atomic mass is 19.1. The largest absolute Gasteiger partial charge is 0.369 e. The number of anilines is 1. The van der Waals surface area contributed by atoms with Crippen LogP contribution < -0.4 is 4.90 Å². The van der Waals surface area contributed by atoms with Crippen molar-refractivity contribution in [3.63, 3.8) is 0 Å². The normalized spacial score (nSPS) is 20.9. The summed E-state index contributed by atoms with van der Waals surface area (Å²) in [7, 11) is 0. The quantitative estimate of drug-likeness (QED) is 0.589. The van der Waals surface area contributed by atoms with Crippen molar-refractivity contribution in [3.05, 3.63) is 30.3 Å². The molecule has 1 atom stereocenters. The van der Waals surface area contributed by atoms with Crippen molar-refractivity contribution in [2.45, 2.75) is 12.7 Å². The van der Waals surface area contributed by atoms with Crippen molar-refractivity contribution >= 4 is 12.0 Å². The summed E-state index contributed by atoms with van der Waals surface area (Å²) < 4.78 is 13.8. The number of halogens is 1. The van der Waals surface area contributed by atoms with Crippen LogP contribution in [-0.4, -0.2) is 43.2 Å². The Labute approximate surface area is 101 Å². The minimum absolute atomic E-state index is 0.380. The molecule has 1 unspecified atom stereocenters. The lowest BCUT2D eigenvalue weighted by Crippen LogP contribution is -2.54. The van der Waals surface area contributed by atoms with Crippen molar-refractivity contribution in [1.82, 2.24) is 4.90 Å². The maximum atomic E-state index is 13.8. The van der Waals surface area contributed by atoms with E-state index in [4.69, 9.17) is 0 Å². The molecular weight excluding hydrogens is 219 g/mol. The number of hydrogen-bond acceptors (Lipinski definition) is 3. The molecule has 17 heavy (non-hydrogen) atoms. The number of carbonyl (C=O) groups excluding carboxylic acids is 1. The molecule has 1 heterocycles. The lowest BCUT2D eigenvalue weighted by molar-refractivity contribution is -0.129. The molecule has 1 aromatic carbocycles. The fourth-order valence-electron chi connectivity index (χ4n) is 2.12. The van der Waals surface area contributed by atoms with E-state index in [2.05, 4.69) is 4.90 Å². The molecule has 0 aromatic heterocycles. The number of nitrogens with zero attached hydrogens (tertiary/aromatic N) is 2. The second kappa shape index (κ2) is 4.84. The third-order valence-corrected chi connectivity index (χ3v) is 3.23. The zero-order chi connectivity index (χ0) is 12.3. The van der Waals surface area contributed by atoms with Crippen LogP contribution in [0.15, 0.2) is 30.3 Å². The highest BCUT2D eigenvalue weighted by molar-refractivity contribution is 5.61. The Morgan fingerprint density at radius 3 is 2.29 bits per heavy atom. The van der Waals surface area contributed by atoms with E-state index in [1.165, 1.54) is 6.92 Å². The van der Waals surface area contributed by atoms with Crippen LogP contribution in [0.5, 0.6) is 0 Å². The molecule has 1 saturated heterocycles. The standard InChI is InChI=1S/C13H17FN2O/c1-13(14,11-17)16-9-7-15(8-10-16)12-5-3-2-4-6-12/h2-6,11H,7-10H2,1H3. The third kappa shape index (κ3) is 2.64. The van der Waals surface area contributed by atoms with Gasteiger partial charge in [-0.25, -0.2) is 4.39 Å². The van der Waals surface area contributed by atoms with Crippen LogP contribution in [0.2, 0.25) is 0 Å². The lowest BCUT2D eigenvalue weighted by atomic mass is 10.2. The Hall–Kier alpha value is -1.42. The summed E-state index contributed by atoms with van der Waals surface area (Å²) in [5.74, 6) is -1.83. The van der Waals surface area contributed by atoms with E-state index in [0.29, 0.717) is 19.4 Å². The molecular formula is C13H17FN2O. The topological polar surface area (TPSA) is 23.6 Å². The lowest BCUT2D eigenvalue weighted by Gasteiger charge is -2.39. The number of carbonyl (C=O) groups is 1. The zero-order valence-corrected chi connectivity index (χ0v) is 9.97. The van der Waals surface area contributed by atoms with Crippen molar-refractivity contribution in [2.75, 3.05) is 31.1 Å². The highest BCUT2D eigenvalue weighted by Gasteiger charge is 2.33. The molecule has 0 amide bonds. The fourth-order valence-corrected chi connectivity index (χ4v) is 2.12. The molecule has 2 rings (SSSR count). The molecule has 4 heteroatoms. The van der Waals surface area contributed by atoms with Crippen molar-refractivity contribution < 1.29 is 9.18 Å². The Kier molecular flexibility index (Phi) is 3.43. The number of alkyl halides is 1. The Morgan fingerprint density at radius 1 is 1.18 bits per heavy atom. The van der Waals surface area contributed by atoms with Gasteiger partial charge in [0, 0.05) is 31.9 Å². The molecule has 1 fully saturated rings. The SMILES string of the molecule is CC(F)(C=O)N1CCN(c2ccccc2)CC1. The number of para-hydroxylation sites is 1. The van der Waals surface area contributed by atoms with Gasteiger partial charge in [0.25, 0.3) is 0 Å². The van der Waals surface area contributed by atoms with Gasteiger partial charge in [0.1, 0.15) is 0 Å². The smallest absolute Gasteiger partial charge is 0.217 e. The summed E-state index contributed by atoms with van der Waals surface area (Å²) in [4.78, 5) is 14.4. The number of benzene rings is 1. The molecule has 0 bridgehead atoms. The summed E-state index contributed by atoms with van der Waals surface area (Å²) >= 11 is 0. The summed E-state index contributed by atoms with van der Waals surface area (Å²) in [6.07, 6.45) is 0.380. The Bertz CT molecular complexity index is 372. The first-order chi connectivity index (χ1) is 8.13. The average molecular weight is 236 g/mol. The summed E-state index contributed by atoms with van der Waals surface area (Å²) in [6.45, 7) is 3.95. The molecule has 0 radical (unpaired) electrons. The third-order valence-electron chi connectivity index (χ3n) is 3.23. The van der Waals surface area contributed by atoms with Crippen molar-refractivity contribution in [1.29, 1.82) is 0 Å². The molecule has 3 nitrogen and oxygen atoms in total. The van der Waals surface area contributed by atoms with Gasteiger partial charge in [0.05, 0.1) is 0 Å². The van der Waals surface area contributed by atoms with E-state index < -0.39 is 5.79 Å². The van der Waals surface area contributed by atoms with Gasteiger partial charge in [0.15, 0.2) is 6.29 Å². The monoisotopic (exact) mass is 236 g/mol. The molecule has 0 saturated carbocycles. The second-order valence-electron chi connectivity index (χ2n) is 4.45. The fraction of sp³-hybridized carbons (Fsp3) is 0.462. The highest BCUT2D eigenvalue weighted by Crippen LogP contribution is 2.20. The first kappa shape index (κ1) is 12.0. The van der Waals surface area contributed by atoms with E-state index in [9.17, 15) is 9.18 Å². The van der Waals surface area contributed by atoms with E-state index in [0.717, 1.165) is 18.8 Å². The summed E-state index contributed by atoms with van der Waals surface area (Å²) in [5, 5.41) is 0. The van der Waals surface area contributed by atoms with E-state index >= 15 is 0 Å². The number of hydrogen-bond donors (Lipinski definition) is 0. The molecule has 1 aliphatic rings. The van der Waals surface area contributed by atoms with Crippen LogP contribution in [0.4, 0.5) is 10.1 Å². The minimum Gasteiger partial charge on any atom is -0.369 e. The van der Waals surface area contributed by atoms with E-state index in [1.807, 2.05) is 30.3 Å². The summed E-state index contributed by atoms with van der Waals surface area (Å²) in [6, 6.07) is 10.1. The van der Waals surface area contributed by atoms with Gasteiger partial charge in [-0.15, -0.1) is 0 Å². The maximum Gasteiger partial charge on any atom is 0.217 e. The van der Waals surface area contributed by atoms with Crippen LogP contribution in [0.3, 0.4) is 0 Å². The van der Waals surface area contributed by atoms with E-state index in [1.54, 1.807) is 4.90 Å². The van der Waals surface area contributed by atoms with Crippen LogP contribution >= 0.6 is 0 Å². The first-order valence-corrected chi connectivity index (χ1v) is 5.84. The molecule has 0 spiro atoms. The van der Waals surface area contributed by atoms with Gasteiger partial charge in [-0.05, 0) is 19.1 Å². The van der Waals surface area contributed by atoms with Gasteiger partial charge in [-0.1, -0.05) is 18.2 Å². The van der Waals surface area contributed by atoms with Gasteiger partial charge in [-0.3, -0.25) is 9.69 Å². The number of aldehydes is 1. The predicted octanol–water partition coefficient (Wildman–Crippen LogP) is 1.69. The molecule has 0 N–H and O–H groups in total. The van der Waals surface area contributed by atoms with Gasteiger partial charge in [-0.2, -0.15) is 0 Å². The van der Waals surface area contributed by atoms with E-state index in [-0.39, 0.29) is 0 Å². The maximum absolute atomic E-state index is 13.8. The number of rotatable bonds is 3. The molecule has 1 aliphatic heterocycles. The molecule has 0 aliphatic carbocycles. The Balaban J connectivity index is 1.97. The average Bonchev–Trinajstić information content (AvgIpc) is 2.40. The number of piperazine rings is 1. The van der Waals surface area contributed by atoms with Crippen LogP contribution in [0.1, 0.15) is 6.92 Å². The van der Waals surface area contributed by atoms with Gasteiger partial charge >= 0.3 is 0 Å². The Morgan fingerprint density at radius 2 is 1.76 bits per heavy atom. The first-order valence-electron chi connectivity index (χ1n) is 5.84. The van der Waals surface area contributed by atoms with Crippen molar-refractivity contribution in [2.24, 2.45) is 0 Å². The van der Waals surface area contributed by atoms with Crippen LogP contribution in [0.25, 0.3) is 0 Å². The molecule has 1 aromatic rings.